The van der Waals surface area contributed by atoms with Gasteiger partial charge in [-0.2, -0.15) is 0 Å². The molecular formula is C27H53FO12. The number of halogens is 1. The largest absolute Gasteiger partial charge is 0.377 e. The van der Waals surface area contributed by atoms with E-state index < -0.39 is 6.67 Å². The van der Waals surface area contributed by atoms with Gasteiger partial charge in [0.1, 0.15) is 6.67 Å². The standard InChI is InChI=1S/C27H53FO12/c1-2-4-29-6-8-31-10-12-33-14-16-35-18-20-37-22-24-39-26-27-40-25-23-38-21-19-36-17-15-34-13-11-32-9-7-30-5-3-28/h2H,1,3-27H2. The second-order valence-corrected chi connectivity index (χ2v) is 7.79. The average molecular weight is 589 g/mol. The lowest BCUT2D eigenvalue weighted by Gasteiger charge is -2.09. The Bertz CT molecular complexity index is 465. The number of hydrogen-bond acceptors (Lipinski definition) is 12. The second-order valence-electron chi connectivity index (χ2n) is 7.79. The van der Waals surface area contributed by atoms with Gasteiger partial charge in [0.25, 0.3) is 0 Å². The van der Waals surface area contributed by atoms with Gasteiger partial charge < -0.3 is 56.8 Å². The van der Waals surface area contributed by atoms with E-state index in [1.165, 1.54) is 0 Å². The molecule has 0 aliphatic rings. The smallest absolute Gasteiger partial charge is 0.113 e. The molecule has 0 bridgehead atoms. The van der Waals surface area contributed by atoms with E-state index in [2.05, 4.69) is 6.58 Å². The molecule has 0 radical (unpaired) electrons. The van der Waals surface area contributed by atoms with E-state index >= 15 is 0 Å². The molecule has 12 nitrogen and oxygen atoms in total. The topological polar surface area (TPSA) is 111 Å². The van der Waals surface area contributed by atoms with Crippen molar-refractivity contribution in [2.75, 3.05) is 165 Å². The SMILES string of the molecule is C=CCOCCOCCOCCOCCOCCOCCOCCOCCOCCOCCOCCOCCF. The normalized spacial score (nSPS) is 11.4. The van der Waals surface area contributed by atoms with Crippen molar-refractivity contribution in [3.63, 3.8) is 0 Å². The molecule has 0 amide bonds. The van der Waals surface area contributed by atoms with E-state index in [1.54, 1.807) is 6.08 Å². The molecule has 0 aromatic heterocycles. The van der Waals surface area contributed by atoms with E-state index in [0.717, 1.165) is 0 Å². The summed E-state index contributed by atoms with van der Waals surface area (Å²) in [5, 5.41) is 0. The Balaban J connectivity index is 3.02. The van der Waals surface area contributed by atoms with Crippen LogP contribution in [-0.2, 0) is 56.8 Å². The molecule has 0 aromatic carbocycles. The summed E-state index contributed by atoms with van der Waals surface area (Å²) in [5.41, 5.74) is 0. The summed E-state index contributed by atoms with van der Waals surface area (Å²) in [4.78, 5) is 0. The summed E-state index contributed by atoms with van der Waals surface area (Å²) in [7, 11) is 0. The minimum absolute atomic E-state index is 0.114. The van der Waals surface area contributed by atoms with Gasteiger partial charge in [0.2, 0.25) is 0 Å². The molecule has 40 heavy (non-hydrogen) atoms. The maximum Gasteiger partial charge on any atom is 0.113 e. The molecule has 0 N–H and O–H groups in total. The molecule has 0 fully saturated rings. The van der Waals surface area contributed by atoms with E-state index in [9.17, 15) is 4.39 Å². The molecule has 0 atom stereocenters. The van der Waals surface area contributed by atoms with Crippen LogP contribution in [0.3, 0.4) is 0 Å². The van der Waals surface area contributed by atoms with Crippen LogP contribution in [0.5, 0.6) is 0 Å². The minimum Gasteiger partial charge on any atom is -0.377 e. The monoisotopic (exact) mass is 588 g/mol. The minimum atomic E-state index is -0.474. The summed E-state index contributed by atoms with van der Waals surface area (Å²) < 4.78 is 76.0. The maximum absolute atomic E-state index is 11.8. The van der Waals surface area contributed by atoms with Crippen LogP contribution in [0.2, 0.25) is 0 Å². The third-order valence-electron chi connectivity index (χ3n) is 4.55. The summed E-state index contributed by atoms with van der Waals surface area (Å²) in [5.74, 6) is 0. The van der Waals surface area contributed by atoms with Gasteiger partial charge >= 0.3 is 0 Å². The van der Waals surface area contributed by atoms with Gasteiger partial charge in [-0.05, 0) is 0 Å². The molecule has 0 aromatic rings. The Morgan fingerprint density at radius 1 is 0.300 bits per heavy atom. The van der Waals surface area contributed by atoms with E-state index in [-0.39, 0.29) is 6.61 Å². The van der Waals surface area contributed by atoms with Crippen molar-refractivity contribution in [1.29, 1.82) is 0 Å². The van der Waals surface area contributed by atoms with Gasteiger partial charge in [0.05, 0.1) is 159 Å². The van der Waals surface area contributed by atoms with E-state index in [0.29, 0.717) is 152 Å². The molecule has 240 valence electrons. The van der Waals surface area contributed by atoms with Crippen LogP contribution in [0, 0.1) is 0 Å². The molecule has 0 aliphatic carbocycles. The van der Waals surface area contributed by atoms with Crippen LogP contribution in [-0.4, -0.2) is 165 Å². The first-order valence-electron chi connectivity index (χ1n) is 14.0. The lowest BCUT2D eigenvalue weighted by molar-refractivity contribution is -0.0282. The van der Waals surface area contributed by atoms with Crippen molar-refractivity contribution in [3.8, 4) is 0 Å². The van der Waals surface area contributed by atoms with Crippen molar-refractivity contribution >= 4 is 0 Å². The average Bonchev–Trinajstić information content (AvgIpc) is 2.97. The maximum atomic E-state index is 11.8. The lowest BCUT2D eigenvalue weighted by Crippen LogP contribution is -2.15. The van der Waals surface area contributed by atoms with Crippen LogP contribution in [0.1, 0.15) is 0 Å². The molecule has 0 rings (SSSR count). The second kappa shape index (κ2) is 38.2. The van der Waals surface area contributed by atoms with Crippen LogP contribution in [0.4, 0.5) is 4.39 Å². The van der Waals surface area contributed by atoms with Crippen LogP contribution in [0.15, 0.2) is 12.7 Å². The van der Waals surface area contributed by atoms with Crippen LogP contribution < -0.4 is 0 Å². The van der Waals surface area contributed by atoms with Crippen molar-refractivity contribution in [2.45, 2.75) is 0 Å². The third kappa shape index (κ3) is 37.2. The Labute approximate surface area is 239 Å². The fourth-order valence-electron chi connectivity index (χ4n) is 2.64. The highest BCUT2D eigenvalue weighted by atomic mass is 19.1. The molecule has 0 unspecified atom stereocenters. The van der Waals surface area contributed by atoms with Gasteiger partial charge in [0, 0.05) is 0 Å². The van der Waals surface area contributed by atoms with Crippen molar-refractivity contribution < 1.29 is 61.2 Å². The fourth-order valence-corrected chi connectivity index (χ4v) is 2.64. The highest BCUT2D eigenvalue weighted by molar-refractivity contribution is 4.63. The van der Waals surface area contributed by atoms with Crippen molar-refractivity contribution in [3.05, 3.63) is 12.7 Å². The van der Waals surface area contributed by atoms with Crippen LogP contribution in [0.25, 0.3) is 0 Å². The molecule has 0 saturated carbocycles. The Kier molecular flexibility index (Phi) is 37.4. The van der Waals surface area contributed by atoms with Gasteiger partial charge in [-0.3, -0.25) is 0 Å². The quantitative estimate of drug-likeness (QED) is 0.0772. The first-order chi connectivity index (χ1) is 19.9. The lowest BCUT2D eigenvalue weighted by atomic mass is 10.6. The summed E-state index contributed by atoms with van der Waals surface area (Å²) in [6.45, 7) is 14.8. The first kappa shape index (κ1) is 39.2. The Morgan fingerprint density at radius 2 is 0.475 bits per heavy atom. The zero-order chi connectivity index (χ0) is 28.9. The van der Waals surface area contributed by atoms with E-state index in [1.807, 2.05) is 0 Å². The van der Waals surface area contributed by atoms with Crippen LogP contribution >= 0.6 is 0 Å². The molecule has 0 aliphatic heterocycles. The van der Waals surface area contributed by atoms with Crippen molar-refractivity contribution in [1.82, 2.24) is 0 Å². The molecular weight excluding hydrogens is 535 g/mol. The first-order valence-corrected chi connectivity index (χ1v) is 14.0. The third-order valence-corrected chi connectivity index (χ3v) is 4.55. The van der Waals surface area contributed by atoms with E-state index in [4.69, 9.17) is 56.8 Å². The van der Waals surface area contributed by atoms with Gasteiger partial charge in [-0.1, -0.05) is 6.08 Å². The summed E-state index contributed by atoms with van der Waals surface area (Å²) in [6, 6.07) is 0. The fraction of sp³-hybridized carbons (Fsp3) is 0.926. The Hall–Kier alpha value is -0.810. The predicted molar refractivity (Wildman–Crippen MR) is 146 cm³/mol. The molecule has 0 spiro atoms. The highest BCUT2D eigenvalue weighted by Crippen LogP contribution is 1.87. The zero-order valence-corrected chi connectivity index (χ0v) is 24.2. The van der Waals surface area contributed by atoms with Crippen molar-refractivity contribution in [2.24, 2.45) is 0 Å². The van der Waals surface area contributed by atoms with Gasteiger partial charge in [0.15, 0.2) is 0 Å². The highest BCUT2D eigenvalue weighted by Gasteiger charge is 1.96. The number of hydrogen-bond donors (Lipinski definition) is 0. The summed E-state index contributed by atoms with van der Waals surface area (Å²) in [6.07, 6.45) is 1.71. The van der Waals surface area contributed by atoms with Gasteiger partial charge in [-0.15, -0.1) is 6.58 Å². The Morgan fingerprint density at radius 3 is 0.650 bits per heavy atom. The predicted octanol–water partition coefficient (Wildman–Crippen LogP) is 1.34. The molecule has 0 saturated heterocycles. The van der Waals surface area contributed by atoms with Gasteiger partial charge in [-0.25, -0.2) is 4.39 Å². The number of rotatable bonds is 37. The molecule has 13 heteroatoms. The molecule has 0 heterocycles. The zero-order valence-electron chi connectivity index (χ0n) is 24.2. The number of alkyl halides is 1. The summed E-state index contributed by atoms with van der Waals surface area (Å²) >= 11 is 0. The number of ether oxygens (including phenoxy) is 12.